The van der Waals surface area contributed by atoms with Crippen molar-refractivity contribution in [3.8, 4) is 0 Å². The van der Waals surface area contributed by atoms with Gasteiger partial charge < -0.3 is 4.74 Å². The van der Waals surface area contributed by atoms with Gasteiger partial charge in [0.2, 0.25) is 0 Å². The van der Waals surface area contributed by atoms with Gasteiger partial charge in [0.1, 0.15) is 0 Å². The Hall–Kier alpha value is -0.880. The van der Waals surface area contributed by atoms with E-state index >= 15 is 0 Å². The maximum atomic E-state index is 12.2. The van der Waals surface area contributed by atoms with Gasteiger partial charge in [-0.2, -0.15) is 0 Å². The zero-order chi connectivity index (χ0) is 11.4. The van der Waals surface area contributed by atoms with E-state index in [1.54, 1.807) is 0 Å². The van der Waals surface area contributed by atoms with E-state index < -0.39 is 37.5 Å². The molecule has 84 valence electrons. The van der Waals surface area contributed by atoms with E-state index in [-0.39, 0.29) is 0 Å². The SMILES string of the molecule is CC(F)C(=O)OCCC(F)(F)C(F)F. The van der Waals surface area contributed by atoms with Gasteiger partial charge in [-0.25, -0.2) is 26.7 Å². The number of carbonyl (C=O) groups excluding carboxylic acids is 1. The van der Waals surface area contributed by atoms with E-state index in [4.69, 9.17) is 0 Å². The molecule has 14 heavy (non-hydrogen) atoms. The maximum absolute atomic E-state index is 12.2. The monoisotopic (exact) mass is 220 g/mol. The molecule has 0 heterocycles. The number of ether oxygens (including phenoxy) is 1. The smallest absolute Gasteiger partial charge is 0.340 e. The summed E-state index contributed by atoms with van der Waals surface area (Å²) in [6, 6.07) is 0. The third-order valence-corrected chi connectivity index (χ3v) is 1.32. The van der Waals surface area contributed by atoms with E-state index in [0.717, 1.165) is 6.92 Å². The summed E-state index contributed by atoms with van der Waals surface area (Å²) < 4.78 is 63.4. The number of alkyl halides is 5. The van der Waals surface area contributed by atoms with E-state index in [2.05, 4.69) is 4.74 Å². The van der Waals surface area contributed by atoms with Crippen LogP contribution in [-0.2, 0) is 9.53 Å². The van der Waals surface area contributed by atoms with E-state index in [1.165, 1.54) is 0 Å². The standard InChI is InChI=1S/C7H9F5O2/c1-4(8)5(13)14-3-2-7(11,12)6(9)10/h4,6H,2-3H2,1H3. The Bertz CT molecular complexity index is 193. The maximum Gasteiger partial charge on any atom is 0.340 e. The fraction of sp³-hybridized carbons (Fsp3) is 0.857. The number of esters is 1. The number of rotatable bonds is 5. The van der Waals surface area contributed by atoms with Crippen molar-refractivity contribution >= 4 is 5.97 Å². The molecule has 0 aliphatic heterocycles. The molecule has 1 unspecified atom stereocenters. The van der Waals surface area contributed by atoms with Gasteiger partial charge in [-0.1, -0.05) is 0 Å². The first-order valence-corrected chi connectivity index (χ1v) is 3.74. The Kier molecular flexibility index (Phi) is 4.79. The van der Waals surface area contributed by atoms with Gasteiger partial charge in [-0.05, 0) is 6.92 Å². The Balaban J connectivity index is 3.80. The molecule has 0 aromatic heterocycles. The van der Waals surface area contributed by atoms with Crippen LogP contribution in [0.3, 0.4) is 0 Å². The molecule has 0 spiro atoms. The average molecular weight is 220 g/mol. The van der Waals surface area contributed by atoms with Gasteiger partial charge in [-0.3, -0.25) is 0 Å². The van der Waals surface area contributed by atoms with Crippen LogP contribution >= 0.6 is 0 Å². The van der Waals surface area contributed by atoms with Crippen LogP contribution in [0, 0.1) is 0 Å². The van der Waals surface area contributed by atoms with Crippen LogP contribution in [0.15, 0.2) is 0 Å². The highest BCUT2D eigenvalue weighted by Gasteiger charge is 2.40. The summed E-state index contributed by atoms with van der Waals surface area (Å²) in [6.07, 6.45) is -7.08. The summed E-state index contributed by atoms with van der Waals surface area (Å²) in [6.45, 7) is -0.0714. The lowest BCUT2D eigenvalue weighted by Gasteiger charge is -2.14. The summed E-state index contributed by atoms with van der Waals surface area (Å²) in [5.41, 5.74) is 0. The molecule has 0 radical (unpaired) electrons. The van der Waals surface area contributed by atoms with E-state index in [9.17, 15) is 26.7 Å². The summed E-state index contributed by atoms with van der Waals surface area (Å²) in [7, 11) is 0. The zero-order valence-corrected chi connectivity index (χ0v) is 7.28. The third kappa shape index (κ3) is 4.38. The minimum atomic E-state index is -4.21. The largest absolute Gasteiger partial charge is 0.463 e. The van der Waals surface area contributed by atoms with Crippen LogP contribution in [0.25, 0.3) is 0 Å². The van der Waals surface area contributed by atoms with E-state index in [1.807, 2.05) is 0 Å². The van der Waals surface area contributed by atoms with Crippen molar-refractivity contribution < 1.29 is 31.5 Å². The molecule has 2 nitrogen and oxygen atoms in total. The summed E-state index contributed by atoms with van der Waals surface area (Å²) in [4.78, 5) is 10.4. The van der Waals surface area contributed by atoms with Crippen molar-refractivity contribution in [1.82, 2.24) is 0 Å². The first-order valence-electron chi connectivity index (χ1n) is 3.74. The fourth-order valence-electron chi connectivity index (χ4n) is 0.512. The lowest BCUT2D eigenvalue weighted by molar-refractivity contribution is -0.160. The predicted octanol–water partition coefficient (Wildman–Crippen LogP) is 2.18. The highest BCUT2D eigenvalue weighted by atomic mass is 19.3. The lowest BCUT2D eigenvalue weighted by atomic mass is 10.2. The van der Waals surface area contributed by atoms with Crippen molar-refractivity contribution in [1.29, 1.82) is 0 Å². The lowest BCUT2D eigenvalue weighted by Crippen LogP contribution is -2.29. The van der Waals surface area contributed by atoms with Gasteiger partial charge in [-0.15, -0.1) is 0 Å². The molecule has 0 aromatic rings. The first kappa shape index (κ1) is 13.1. The number of halogens is 5. The second kappa shape index (κ2) is 5.11. The highest BCUT2D eigenvalue weighted by Crippen LogP contribution is 2.26. The van der Waals surface area contributed by atoms with Crippen molar-refractivity contribution in [3.63, 3.8) is 0 Å². The van der Waals surface area contributed by atoms with Crippen molar-refractivity contribution in [3.05, 3.63) is 0 Å². The molecule has 0 N–H and O–H groups in total. The summed E-state index contributed by atoms with van der Waals surface area (Å²) >= 11 is 0. The number of hydrogen-bond acceptors (Lipinski definition) is 2. The molecule has 0 bridgehead atoms. The highest BCUT2D eigenvalue weighted by molar-refractivity contribution is 5.73. The minimum Gasteiger partial charge on any atom is -0.463 e. The molecule has 0 amide bonds. The van der Waals surface area contributed by atoms with Crippen LogP contribution in [-0.4, -0.2) is 31.1 Å². The Morgan fingerprint density at radius 1 is 1.36 bits per heavy atom. The summed E-state index contributed by atoms with van der Waals surface area (Å²) in [5, 5.41) is 0. The molecular formula is C7H9F5O2. The quantitative estimate of drug-likeness (QED) is 0.524. The van der Waals surface area contributed by atoms with Gasteiger partial charge in [0, 0.05) is 0 Å². The van der Waals surface area contributed by atoms with Gasteiger partial charge in [0.25, 0.3) is 0 Å². The fourth-order valence-corrected chi connectivity index (χ4v) is 0.512. The van der Waals surface area contributed by atoms with Crippen molar-refractivity contribution in [2.45, 2.75) is 31.9 Å². The Morgan fingerprint density at radius 3 is 2.21 bits per heavy atom. The zero-order valence-electron chi connectivity index (χ0n) is 7.28. The van der Waals surface area contributed by atoms with Crippen LogP contribution in [0.2, 0.25) is 0 Å². The normalized spacial score (nSPS) is 14.2. The number of hydrogen-bond donors (Lipinski definition) is 0. The second-order valence-electron chi connectivity index (χ2n) is 2.60. The summed E-state index contributed by atoms with van der Waals surface area (Å²) in [5.74, 6) is -5.55. The van der Waals surface area contributed by atoms with Gasteiger partial charge in [0.05, 0.1) is 13.0 Å². The molecular weight excluding hydrogens is 211 g/mol. The van der Waals surface area contributed by atoms with Crippen molar-refractivity contribution in [2.75, 3.05) is 6.61 Å². The van der Waals surface area contributed by atoms with Crippen LogP contribution in [0.1, 0.15) is 13.3 Å². The number of carbonyl (C=O) groups is 1. The van der Waals surface area contributed by atoms with Crippen molar-refractivity contribution in [2.24, 2.45) is 0 Å². The molecule has 0 fully saturated rings. The van der Waals surface area contributed by atoms with Gasteiger partial charge >= 0.3 is 18.3 Å². The molecule has 0 aliphatic carbocycles. The third-order valence-electron chi connectivity index (χ3n) is 1.32. The molecule has 1 atom stereocenters. The molecule has 0 saturated heterocycles. The Morgan fingerprint density at radius 2 is 1.86 bits per heavy atom. The van der Waals surface area contributed by atoms with Crippen LogP contribution in [0.4, 0.5) is 22.0 Å². The van der Waals surface area contributed by atoms with E-state index in [0.29, 0.717) is 0 Å². The molecule has 0 aromatic carbocycles. The first-order chi connectivity index (χ1) is 6.27. The molecule has 0 aliphatic rings. The Labute approximate surface area is 77.0 Å². The van der Waals surface area contributed by atoms with Gasteiger partial charge in [0.15, 0.2) is 6.17 Å². The topological polar surface area (TPSA) is 26.3 Å². The van der Waals surface area contributed by atoms with Crippen LogP contribution < -0.4 is 0 Å². The second-order valence-corrected chi connectivity index (χ2v) is 2.60. The molecule has 0 saturated carbocycles. The minimum absolute atomic E-state index is 0.855. The molecule has 7 heteroatoms. The molecule has 0 rings (SSSR count). The van der Waals surface area contributed by atoms with Crippen LogP contribution in [0.5, 0.6) is 0 Å². The average Bonchev–Trinajstić information content (AvgIpc) is 2.03. The predicted molar refractivity (Wildman–Crippen MR) is 37.1 cm³/mol.